The maximum atomic E-state index is 13.6. The molecule has 31 heavy (non-hydrogen) atoms. The maximum absolute atomic E-state index is 13.6. The number of hydrogen-bond acceptors (Lipinski definition) is 4. The van der Waals surface area contributed by atoms with Crippen molar-refractivity contribution in [2.75, 3.05) is 4.72 Å². The number of halogens is 2. The number of nitrogens with one attached hydrogen (secondary N) is 1. The highest BCUT2D eigenvalue weighted by Crippen LogP contribution is 2.29. The van der Waals surface area contributed by atoms with Crippen LogP contribution in [0.5, 0.6) is 0 Å². The Labute approximate surface area is 184 Å². The summed E-state index contributed by atoms with van der Waals surface area (Å²) in [5.41, 5.74) is 2.28. The fraction of sp³-hybridized carbons (Fsp3) is 0.182. The first-order valence-corrected chi connectivity index (χ1v) is 11.3. The van der Waals surface area contributed by atoms with Gasteiger partial charge < -0.3 is 0 Å². The summed E-state index contributed by atoms with van der Waals surface area (Å²) < 4.78 is 43.4. The molecule has 0 aliphatic heterocycles. The van der Waals surface area contributed by atoms with Gasteiger partial charge in [-0.25, -0.2) is 17.3 Å². The molecule has 1 N–H and O–H groups in total. The molecular weight excluding hydrogens is 439 g/mol. The van der Waals surface area contributed by atoms with Crippen molar-refractivity contribution in [3.05, 3.63) is 77.3 Å². The van der Waals surface area contributed by atoms with Crippen molar-refractivity contribution in [3.63, 3.8) is 0 Å². The molecule has 4 rings (SSSR count). The van der Waals surface area contributed by atoms with Crippen LogP contribution in [0.25, 0.3) is 16.8 Å². The van der Waals surface area contributed by atoms with Crippen LogP contribution in [0.2, 0.25) is 5.02 Å². The van der Waals surface area contributed by atoms with Crippen LogP contribution in [0.4, 0.5) is 10.2 Å². The van der Waals surface area contributed by atoms with E-state index in [1.165, 1.54) is 22.8 Å². The van der Waals surface area contributed by atoms with Gasteiger partial charge in [-0.15, -0.1) is 0 Å². The lowest BCUT2D eigenvalue weighted by atomic mass is 9.87. The molecule has 0 atom stereocenters. The van der Waals surface area contributed by atoms with E-state index in [9.17, 15) is 12.8 Å². The molecule has 0 saturated carbocycles. The number of pyridine rings is 2. The molecular formula is C22H20ClFN4O2S. The smallest absolute Gasteiger partial charge is 0.263 e. The van der Waals surface area contributed by atoms with Crippen molar-refractivity contribution in [2.24, 2.45) is 0 Å². The number of fused-ring (bicyclic) bond motifs is 1. The van der Waals surface area contributed by atoms with Gasteiger partial charge in [0.05, 0.1) is 27.3 Å². The fourth-order valence-electron chi connectivity index (χ4n) is 3.14. The predicted molar refractivity (Wildman–Crippen MR) is 119 cm³/mol. The molecule has 0 aliphatic carbocycles. The van der Waals surface area contributed by atoms with Crippen molar-refractivity contribution >= 4 is 33.0 Å². The first kappa shape index (κ1) is 21.3. The Bertz CT molecular complexity index is 1380. The van der Waals surface area contributed by atoms with Gasteiger partial charge in [-0.2, -0.15) is 5.10 Å². The molecule has 0 saturated heterocycles. The van der Waals surface area contributed by atoms with E-state index in [1.807, 2.05) is 0 Å². The number of aromatic nitrogens is 3. The molecule has 0 unspecified atom stereocenters. The van der Waals surface area contributed by atoms with Crippen LogP contribution < -0.4 is 4.72 Å². The van der Waals surface area contributed by atoms with E-state index in [0.29, 0.717) is 21.8 Å². The Morgan fingerprint density at radius 3 is 2.39 bits per heavy atom. The average molecular weight is 459 g/mol. The first-order valence-electron chi connectivity index (χ1n) is 9.47. The summed E-state index contributed by atoms with van der Waals surface area (Å²) in [5.74, 6) is -0.296. The number of sulfonamides is 1. The summed E-state index contributed by atoms with van der Waals surface area (Å²) in [6, 6.07) is 12.8. The van der Waals surface area contributed by atoms with E-state index in [2.05, 4.69) is 35.6 Å². The number of hydrogen-bond donors (Lipinski definition) is 1. The average Bonchev–Trinajstić information content (AvgIpc) is 3.16. The fourth-order valence-corrected chi connectivity index (χ4v) is 4.38. The monoisotopic (exact) mass is 458 g/mol. The van der Waals surface area contributed by atoms with E-state index in [-0.39, 0.29) is 16.1 Å². The van der Waals surface area contributed by atoms with Crippen molar-refractivity contribution in [1.82, 2.24) is 14.6 Å². The number of benzene rings is 1. The molecule has 3 heterocycles. The molecule has 0 spiro atoms. The Morgan fingerprint density at radius 2 is 1.74 bits per heavy atom. The van der Waals surface area contributed by atoms with Crippen LogP contribution in [0.15, 0.2) is 65.8 Å². The van der Waals surface area contributed by atoms with Crippen molar-refractivity contribution in [2.45, 2.75) is 31.1 Å². The lowest BCUT2D eigenvalue weighted by Crippen LogP contribution is -2.16. The molecule has 0 aliphatic rings. The molecule has 1 aromatic carbocycles. The molecule has 0 bridgehead atoms. The largest absolute Gasteiger partial charge is 0.263 e. The molecule has 0 fully saturated rings. The third-order valence-electron chi connectivity index (χ3n) is 4.84. The van der Waals surface area contributed by atoms with Crippen LogP contribution in [0.3, 0.4) is 0 Å². The van der Waals surface area contributed by atoms with Gasteiger partial charge in [-0.3, -0.25) is 9.71 Å². The Kier molecular flexibility index (Phi) is 5.23. The predicted octanol–water partition coefficient (Wildman–Crippen LogP) is 5.29. The molecule has 0 radical (unpaired) electrons. The Hall–Kier alpha value is -2.97. The van der Waals surface area contributed by atoms with E-state index >= 15 is 0 Å². The minimum Gasteiger partial charge on any atom is -0.263 e. The maximum Gasteiger partial charge on any atom is 0.263 e. The van der Waals surface area contributed by atoms with E-state index in [4.69, 9.17) is 11.6 Å². The molecule has 160 valence electrons. The highest BCUT2D eigenvalue weighted by molar-refractivity contribution is 7.92. The van der Waals surface area contributed by atoms with Gasteiger partial charge in [0.2, 0.25) is 0 Å². The van der Waals surface area contributed by atoms with Gasteiger partial charge in [0.15, 0.2) is 0 Å². The minimum atomic E-state index is -3.87. The molecule has 6 nitrogen and oxygen atoms in total. The second kappa shape index (κ2) is 7.62. The van der Waals surface area contributed by atoms with Gasteiger partial charge in [-0.1, -0.05) is 44.5 Å². The van der Waals surface area contributed by atoms with Crippen LogP contribution >= 0.6 is 11.6 Å². The second-order valence-electron chi connectivity index (χ2n) is 8.16. The lowest BCUT2D eigenvalue weighted by molar-refractivity contribution is 0.587. The van der Waals surface area contributed by atoms with Crippen molar-refractivity contribution in [3.8, 4) is 11.3 Å². The molecule has 0 amide bonds. The zero-order valence-electron chi connectivity index (χ0n) is 17.1. The van der Waals surface area contributed by atoms with Crippen LogP contribution in [0.1, 0.15) is 26.3 Å². The minimum absolute atomic E-state index is 0.0880. The standard InChI is InChI=1S/C22H20ClFN4O2S/c1-22(2,3)15-4-6-17(7-5-15)31(29,30)27-21-9-8-18(23)20-11-19(26-28(20)21)14-10-16(24)13-25-12-14/h4-13,27H,1-3H3. The second-order valence-corrected chi connectivity index (χ2v) is 10.3. The van der Waals surface area contributed by atoms with E-state index in [1.54, 1.807) is 36.4 Å². The third-order valence-corrected chi connectivity index (χ3v) is 6.53. The summed E-state index contributed by atoms with van der Waals surface area (Å²) in [6.07, 6.45) is 2.57. The van der Waals surface area contributed by atoms with E-state index in [0.717, 1.165) is 11.8 Å². The van der Waals surface area contributed by atoms with E-state index < -0.39 is 15.8 Å². The number of nitrogens with zero attached hydrogens (tertiary/aromatic N) is 3. The lowest BCUT2D eigenvalue weighted by Gasteiger charge is -2.19. The van der Waals surface area contributed by atoms with Gasteiger partial charge in [-0.05, 0) is 47.4 Å². The zero-order valence-corrected chi connectivity index (χ0v) is 18.7. The molecule has 9 heteroatoms. The van der Waals surface area contributed by atoms with Gasteiger partial charge in [0, 0.05) is 11.8 Å². The summed E-state index contributed by atoms with van der Waals surface area (Å²) in [5, 5.41) is 4.78. The molecule has 3 aromatic heterocycles. The van der Waals surface area contributed by atoms with Crippen molar-refractivity contribution < 1.29 is 12.8 Å². The Balaban J connectivity index is 1.73. The molecule has 4 aromatic rings. The van der Waals surface area contributed by atoms with Crippen LogP contribution in [-0.4, -0.2) is 23.0 Å². The van der Waals surface area contributed by atoms with Crippen molar-refractivity contribution in [1.29, 1.82) is 0 Å². The van der Waals surface area contributed by atoms with Crippen LogP contribution in [0, 0.1) is 5.82 Å². The van der Waals surface area contributed by atoms with Gasteiger partial charge >= 0.3 is 0 Å². The highest BCUT2D eigenvalue weighted by atomic mass is 35.5. The SMILES string of the molecule is CC(C)(C)c1ccc(S(=O)(=O)Nc2ccc(Cl)c3cc(-c4cncc(F)c4)nn23)cc1. The summed E-state index contributed by atoms with van der Waals surface area (Å²) in [4.78, 5) is 3.96. The Morgan fingerprint density at radius 1 is 1.03 bits per heavy atom. The number of anilines is 1. The first-order chi connectivity index (χ1) is 14.5. The normalized spacial score (nSPS) is 12.3. The van der Waals surface area contributed by atoms with Crippen LogP contribution in [-0.2, 0) is 15.4 Å². The summed E-state index contributed by atoms with van der Waals surface area (Å²) >= 11 is 6.28. The third kappa shape index (κ3) is 4.26. The summed E-state index contributed by atoms with van der Waals surface area (Å²) in [6.45, 7) is 6.17. The van der Waals surface area contributed by atoms with Gasteiger partial charge in [0.1, 0.15) is 11.6 Å². The quantitative estimate of drug-likeness (QED) is 0.451. The van der Waals surface area contributed by atoms with Gasteiger partial charge in [0.25, 0.3) is 10.0 Å². The highest BCUT2D eigenvalue weighted by Gasteiger charge is 2.20. The summed E-state index contributed by atoms with van der Waals surface area (Å²) in [7, 11) is -3.87. The topological polar surface area (TPSA) is 76.4 Å². The zero-order chi connectivity index (χ0) is 22.4. The number of rotatable bonds is 4.